The van der Waals surface area contributed by atoms with Gasteiger partial charge in [-0.1, -0.05) is 32.0 Å². The maximum Gasteiger partial charge on any atom is 0.322 e. The van der Waals surface area contributed by atoms with Crippen LogP contribution in [0.15, 0.2) is 24.3 Å². The summed E-state index contributed by atoms with van der Waals surface area (Å²) in [5.74, 6) is -0.454. The molecule has 0 aliphatic carbocycles. The van der Waals surface area contributed by atoms with E-state index < -0.39 is 17.6 Å². The fourth-order valence-electron chi connectivity index (χ4n) is 4.61. The summed E-state index contributed by atoms with van der Waals surface area (Å²) in [7, 11) is 0. The zero-order valence-electron chi connectivity index (χ0n) is 16.7. The molecule has 2 fully saturated rings. The molecule has 0 aromatic heterocycles. The van der Waals surface area contributed by atoms with Gasteiger partial charge in [-0.2, -0.15) is 0 Å². The summed E-state index contributed by atoms with van der Waals surface area (Å²) in [6, 6.07) is 6.32. The lowest BCUT2D eigenvalue weighted by atomic mass is 9.88. The van der Waals surface area contributed by atoms with Crippen LogP contribution in [-0.2, 0) is 16.1 Å². The highest BCUT2D eigenvalue weighted by Gasteiger charge is 2.50. The van der Waals surface area contributed by atoms with Gasteiger partial charge in [-0.3, -0.25) is 19.7 Å². The van der Waals surface area contributed by atoms with Crippen molar-refractivity contribution in [2.45, 2.75) is 51.2 Å². The van der Waals surface area contributed by atoms with Crippen LogP contribution in [-0.4, -0.2) is 58.2 Å². The summed E-state index contributed by atoms with van der Waals surface area (Å²) in [4.78, 5) is 53.8. The molecule has 2 atom stereocenters. The van der Waals surface area contributed by atoms with E-state index in [0.29, 0.717) is 37.9 Å². The van der Waals surface area contributed by atoms with Crippen LogP contribution in [0.1, 0.15) is 49.0 Å². The average molecular weight is 398 g/mol. The van der Waals surface area contributed by atoms with Crippen LogP contribution in [0.4, 0.5) is 4.79 Å². The Balaban J connectivity index is 1.58. The Morgan fingerprint density at radius 2 is 1.97 bits per heavy atom. The van der Waals surface area contributed by atoms with Crippen molar-refractivity contribution in [1.29, 1.82) is 0 Å². The minimum Gasteiger partial charge on any atom is -0.338 e. The molecule has 0 bridgehead atoms. The molecule has 29 heavy (non-hydrogen) atoms. The van der Waals surface area contributed by atoms with E-state index >= 15 is 0 Å². The maximum atomic E-state index is 13.5. The van der Waals surface area contributed by atoms with Gasteiger partial charge in [0.15, 0.2) is 0 Å². The molecule has 3 aliphatic heterocycles. The highest BCUT2D eigenvalue weighted by molar-refractivity contribution is 6.07. The van der Waals surface area contributed by atoms with Gasteiger partial charge in [0.1, 0.15) is 11.6 Å². The normalized spacial score (nSPS) is 24.7. The number of benzene rings is 1. The smallest absolute Gasteiger partial charge is 0.322 e. The van der Waals surface area contributed by atoms with Gasteiger partial charge in [0.05, 0.1) is 6.54 Å². The van der Waals surface area contributed by atoms with Gasteiger partial charge in [0.2, 0.25) is 5.91 Å². The predicted molar refractivity (Wildman–Crippen MR) is 105 cm³/mol. The summed E-state index contributed by atoms with van der Waals surface area (Å²) < 4.78 is 0. The molecule has 0 radical (unpaired) electrons. The van der Waals surface area contributed by atoms with Crippen molar-refractivity contribution in [2.75, 3.05) is 13.1 Å². The molecule has 3 heterocycles. The number of carbonyl (C=O) groups is 4. The van der Waals surface area contributed by atoms with Crippen LogP contribution in [0.3, 0.4) is 0 Å². The third kappa shape index (κ3) is 3.36. The van der Waals surface area contributed by atoms with Gasteiger partial charge in [0, 0.05) is 18.7 Å². The highest BCUT2D eigenvalue weighted by atomic mass is 16.2. The van der Waals surface area contributed by atoms with Gasteiger partial charge in [-0.25, -0.2) is 4.79 Å². The molecule has 8 heteroatoms. The van der Waals surface area contributed by atoms with Gasteiger partial charge in [0.25, 0.3) is 11.8 Å². The quantitative estimate of drug-likeness (QED) is 0.746. The van der Waals surface area contributed by atoms with Crippen LogP contribution in [0.2, 0.25) is 0 Å². The molecule has 8 nitrogen and oxygen atoms in total. The number of amides is 5. The van der Waals surface area contributed by atoms with Gasteiger partial charge >= 0.3 is 6.03 Å². The molecule has 154 valence electrons. The van der Waals surface area contributed by atoms with E-state index in [0.717, 1.165) is 5.56 Å². The Kier molecular flexibility index (Phi) is 4.80. The first kappa shape index (κ1) is 19.4. The molecule has 2 saturated heterocycles. The van der Waals surface area contributed by atoms with E-state index in [4.69, 9.17) is 0 Å². The van der Waals surface area contributed by atoms with Crippen LogP contribution in [0.25, 0.3) is 0 Å². The molecule has 1 aromatic rings. The molecule has 1 aromatic carbocycles. The Morgan fingerprint density at radius 3 is 2.62 bits per heavy atom. The molecular weight excluding hydrogens is 372 g/mol. The number of nitrogens with one attached hydrogen (secondary N) is 2. The lowest BCUT2D eigenvalue weighted by Crippen LogP contribution is -2.62. The van der Waals surface area contributed by atoms with Crippen molar-refractivity contribution >= 4 is 23.8 Å². The van der Waals surface area contributed by atoms with Gasteiger partial charge < -0.3 is 15.1 Å². The Labute approximate surface area is 169 Å². The van der Waals surface area contributed by atoms with E-state index in [9.17, 15) is 19.2 Å². The maximum absolute atomic E-state index is 13.5. The van der Waals surface area contributed by atoms with Crippen LogP contribution in [0.5, 0.6) is 0 Å². The number of imide groups is 1. The number of nitrogens with zero attached hydrogens (tertiary/aromatic N) is 2. The standard InChI is InChI=1S/C21H26N4O4/c1-13(2)10-16(25-11-14-6-3-4-7-15(14)17(25)26)18(27)24-9-5-8-21(12-24)19(28)22-20(29)23-21/h3-4,6-7,13,16H,5,8-12H2,1-2H3,(H2,22,23,28,29)/t16-,21?/m1/s1. The van der Waals surface area contributed by atoms with E-state index in [2.05, 4.69) is 10.6 Å². The number of carbonyl (C=O) groups excluding carboxylic acids is 4. The first-order valence-corrected chi connectivity index (χ1v) is 10.1. The molecule has 0 saturated carbocycles. The zero-order valence-corrected chi connectivity index (χ0v) is 16.7. The number of piperidine rings is 1. The number of urea groups is 1. The number of hydrogen-bond acceptors (Lipinski definition) is 4. The number of likely N-dealkylation sites (tertiary alicyclic amines) is 1. The fraction of sp³-hybridized carbons (Fsp3) is 0.524. The van der Waals surface area contributed by atoms with E-state index in [1.54, 1.807) is 15.9 Å². The minimum atomic E-state index is -1.06. The first-order valence-electron chi connectivity index (χ1n) is 10.1. The van der Waals surface area contributed by atoms with Crippen molar-refractivity contribution in [2.24, 2.45) is 5.92 Å². The summed E-state index contributed by atoms with van der Waals surface area (Å²) in [5, 5.41) is 4.98. The Morgan fingerprint density at radius 1 is 1.21 bits per heavy atom. The van der Waals surface area contributed by atoms with E-state index in [1.807, 2.05) is 32.0 Å². The molecule has 4 rings (SSSR count). The number of rotatable bonds is 4. The second kappa shape index (κ2) is 7.17. The molecule has 2 N–H and O–H groups in total. The lowest BCUT2D eigenvalue weighted by Gasteiger charge is -2.41. The summed E-state index contributed by atoms with van der Waals surface area (Å²) >= 11 is 0. The highest BCUT2D eigenvalue weighted by Crippen LogP contribution is 2.30. The van der Waals surface area contributed by atoms with Crippen molar-refractivity contribution in [3.05, 3.63) is 35.4 Å². The number of fused-ring (bicyclic) bond motifs is 1. The van der Waals surface area contributed by atoms with Crippen molar-refractivity contribution in [1.82, 2.24) is 20.4 Å². The first-order chi connectivity index (χ1) is 13.8. The fourth-order valence-corrected chi connectivity index (χ4v) is 4.61. The Bertz CT molecular complexity index is 883. The monoisotopic (exact) mass is 398 g/mol. The Hall–Kier alpha value is -2.90. The van der Waals surface area contributed by atoms with Gasteiger partial charge in [-0.05, 0) is 36.8 Å². The van der Waals surface area contributed by atoms with Crippen LogP contribution >= 0.6 is 0 Å². The van der Waals surface area contributed by atoms with E-state index in [1.165, 1.54) is 0 Å². The summed E-state index contributed by atoms with van der Waals surface area (Å²) in [6.07, 6.45) is 1.65. The predicted octanol–water partition coefficient (Wildman–Crippen LogP) is 1.26. The topological polar surface area (TPSA) is 98.8 Å². The van der Waals surface area contributed by atoms with Crippen molar-refractivity contribution in [3.8, 4) is 0 Å². The molecular formula is C21H26N4O4. The lowest BCUT2D eigenvalue weighted by molar-refractivity contribution is -0.141. The molecule has 1 unspecified atom stereocenters. The van der Waals surface area contributed by atoms with E-state index in [-0.39, 0.29) is 30.2 Å². The van der Waals surface area contributed by atoms with Crippen molar-refractivity contribution < 1.29 is 19.2 Å². The minimum absolute atomic E-state index is 0.127. The average Bonchev–Trinajstić information content (AvgIpc) is 3.15. The second-order valence-electron chi connectivity index (χ2n) is 8.59. The van der Waals surface area contributed by atoms with Crippen LogP contribution < -0.4 is 10.6 Å². The third-order valence-electron chi connectivity index (χ3n) is 6.02. The van der Waals surface area contributed by atoms with Crippen LogP contribution in [0, 0.1) is 5.92 Å². The van der Waals surface area contributed by atoms with Crippen molar-refractivity contribution in [3.63, 3.8) is 0 Å². The molecule has 5 amide bonds. The molecule has 1 spiro atoms. The zero-order chi connectivity index (χ0) is 20.8. The van der Waals surface area contributed by atoms with Gasteiger partial charge in [-0.15, -0.1) is 0 Å². The summed E-state index contributed by atoms with van der Waals surface area (Å²) in [5.41, 5.74) is 0.508. The largest absolute Gasteiger partial charge is 0.338 e. The summed E-state index contributed by atoms with van der Waals surface area (Å²) in [6.45, 7) is 5.10. The number of hydrogen-bond donors (Lipinski definition) is 2. The third-order valence-corrected chi connectivity index (χ3v) is 6.02. The SMILES string of the molecule is CC(C)C[C@H](C(=O)N1CCCC2(C1)NC(=O)NC2=O)N1Cc2ccccc2C1=O. The molecule has 3 aliphatic rings. The second-order valence-corrected chi connectivity index (χ2v) is 8.59.